The van der Waals surface area contributed by atoms with Crippen LogP contribution in [0.25, 0.3) is 11.1 Å². The van der Waals surface area contributed by atoms with Crippen LogP contribution in [0.4, 0.5) is 10.1 Å². The van der Waals surface area contributed by atoms with Crippen LogP contribution in [0.15, 0.2) is 36.4 Å². The summed E-state index contributed by atoms with van der Waals surface area (Å²) in [5.41, 5.74) is 7.42. The average molecular weight is 247 g/mol. The molecule has 0 bridgehead atoms. The van der Waals surface area contributed by atoms with E-state index in [1.54, 1.807) is 30.3 Å². The van der Waals surface area contributed by atoms with Gasteiger partial charge >= 0.3 is 0 Å². The standard InChI is InChI=1S/C13H8ClFN2/c14-10-3-4-11(12(15)6-10)8-1-2-9(7-16)13(17)5-8/h1-6H,17H2. The van der Waals surface area contributed by atoms with Gasteiger partial charge < -0.3 is 5.73 Å². The molecule has 0 atom stereocenters. The first-order valence-corrected chi connectivity index (χ1v) is 5.24. The van der Waals surface area contributed by atoms with Gasteiger partial charge in [0, 0.05) is 10.6 Å². The van der Waals surface area contributed by atoms with Gasteiger partial charge in [-0.15, -0.1) is 0 Å². The third kappa shape index (κ3) is 2.22. The van der Waals surface area contributed by atoms with Crippen molar-refractivity contribution in [2.24, 2.45) is 0 Å². The zero-order chi connectivity index (χ0) is 12.4. The van der Waals surface area contributed by atoms with Crippen LogP contribution in [0.1, 0.15) is 5.56 Å². The first kappa shape index (κ1) is 11.4. The fourth-order valence-electron chi connectivity index (χ4n) is 1.56. The number of nitrogen functional groups attached to an aromatic ring is 1. The summed E-state index contributed by atoms with van der Waals surface area (Å²) in [5.74, 6) is -0.415. The first-order chi connectivity index (χ1) is 8.11. The number of nitriles is 1. The summed E-state index contributed by atoms with van der Waals surface area (Å²) in [5, 5.41) is 9.09. The van der Waals surface area contributed by atoms with Crippen LogP contribution in [-0.2, 0) is 0 Å². The Hall–Kier alpha value is -2.05. The molecule has 2 rings (SSSR count). The fourth-order valence-corrected chi connectivity index (χ4v) is 1.71. The Morgan fingerprint density at radius 3 is 2.53 bits per heavy atom. The van der Waals surface area contributed by atoms with Crippen LogP contribution in [0.5, 0.6) is 0 Å². The molecule has 0 saturated carbocycles. The van der Waals surface area contributed by atoms with Gasteiger partial charge in [0.25, 0.3) is 0 Å². The van der Waals surface area contributed by atoms with E-state index in [1.807, 2.05) is 6.07 Å². The minimum Gasteiger partial charge on any atom is -0.398 e. The van der Waals surface area contributed by atoms with Crippen LogP contribution in [-0.4, -0.2) is 0 Å². The molecule has 0 unspecified atom stereocenters. The van der Waals surface area contributed by atoms with Gasteiger partial charge in [0.2, 0.25) is 0 Å². The summed E-state index contributed by atoms with van der Waals surface area (Å²) < 4.78 is 13.7. The average Bonchev–Trinajstić information content (AvgIpc) is 2.29. The lowest BCUT2D eigenvalue weighted by Crippen LogP contribution is -1.92. The predicted octanol–water partition coefficient (Wildman–Crippen LogP) is 3.60. The van der Waals surface area contributed by atoms with Crippen LogP contribution in [0, 0.1) is 17.1 Å². The number of anilines is 1. The lowest BCUT2D eigenvalue weighted by molar-refractivity contribution is 0.631. The molecule has 84 valence electrons. The Labute approximate surface area is 103 Å². The van der Waals surface area contributed by atoms with Crippen molar-refractivity contribution in [2.75, 3.05) is 5.73 Å². The van der Waals surface area contributed by atoms with Gasteiger partial charge in [-0.2, -0.15) is 5.26 Å². The quantitative estimate of drug-likeness (QED) is 0.782. The van der Waals surface area contributed by atoms with E-state index in [4.69, 9.17) is 22.6 Å². The minimum atomic E-state index is -0.415. The maximum absolute atomic E-state index is 13.7. The maximum atomic E-state index is 13.7. The monoisotopic (exact) mass is 246 g/mol. The summed E-state index contributed by atoms with van der Waals surface area (Å²) in [7, 11) is 0. The van der Waals surface area contributed by atoms with E-state index in [9.17, 15) is 4.39 Å². The molecular weight excluding hydrogens is 239 g/mol. The number of benzene rings is 2. The SMILES string of the molecule is N#Cc1ccc(-c2ccc(Cl)cc2F)cc1N. The Morgan fingerprint density at radius 1 is 1.18 bits per heavy atom. The summed E-state index contributed by atoms with van der Waals surface area (Å²) in [6, 6.07) is 11.2. The van der Waals surface area contributed by atoms with Gasteiger partial charge in [-0.05, 0) is 35.9 Å². The van der Waals surface area contributed by atoms with Crippen LogP contribution >= 0.6 is 11.6 Å². The van der Waals surface area contributed by atoms with Gasteiger partial charge in [0.05, 0.1) is 11.3 Å². The zero-order valence-electron chi connectivity index (χ0n) is 8.74. The van der Waals surface area contributed by atoms with E-state index in [0.29, 0.717) is 27.4 Å². The van der Waals surface area contributed by atoms with Gasteiger partial charge in [-0.25, -0.2) is 4.39 Å². The van der Waals surface area contributed by atoms with E-state index < -0.39 is 5.82 Å². The number of rotatable bonds is 1. The highest BCUT2D eigenvalue weighted by Gasteiger charge is 2.07. The highest BCUT2D eigenvalue weighted by molar-refractivity contribution is 6.30. The lowest BCUT2D eigenvalue weighted by Gasteiger charge is -2.06. The topological polar surface area (TPSA) is 49.8 Å². The highest BCUT2D eigenvalue weighted by Crippen LogP contribution is 2.27. The fraction of sp³-hybridized carbons (Fsp3) is 0. The molecule has 0 saturated heterocycles. The molecule has 2 nitrogen and oxygen atoms in total. The molecule has 0 aliphatic heterocycles. The number of hydrogen-bond donors (Lipinski definition) is 1. The van der Waals surface area contributed by atoms with Crippen molar-refractivity contribution in [3.8, 4) is 17.2 Å². The summed E-state index contributed by atoms with van der Waals surface area (Å²) in [6.07, 6.45) is 0. The molecule has 0 amide bonds. The molecule has 0 spiro atoms. The van der Waals surface area contributed by atoms with Gasteiger partial charge in [0.1, 0.15) is 11.9 Å². The van der Waals surface area contributed by atoms with Gasteiger partial charge in [0.15, 0.2) is 0 Å². The Balaban J connectivity index is 2.54. The van der Waals surface area contributed by atoms with E-state index in [0.717, 1.165) is 0 Å². The van der Waals surface area contributed by atoms with Crippen molar-refractivity contribution in [3.63, 3.8) is 0 Å². The number of hydrogen-bond acceptors (Lipinski definition) is 2. The van der Waals surface area contributed by atoms with Crippen molar-refractivity contribution in [3.05, 3.63) is 52.8 Å². The van der Waals surface area contributed by atoms with Crippen LogP contribution in [0.3, 0.4) is 0 Å². The predicted molar refractivity (Wildman–Crippen MR) is 66.0 cm³/mol. The van der Waals surface area contributed by atoms with E-state index in [2.05, 4.69) is 0 Å². The third-order valence-electron chi connectivity index (χ3n) is 2.41. The summed E-state index contributed by atoms with van der Waals surface area (Å²) in [6.45, 7) is 0. The van der Waals surface area contributed by atoms with Crippen molar-refractivity contribution in [1.82, 2.24) is 0 Å². The normalized spacial score (nSPS) is 9.94. The molecule has 0 aromatic heterocycles. The van der Waals surface area contributed by atoms with Crippen LogP contribution in [0.2, 0.25) is 5.02 Å². The Kier molecular flexibility index (Phi) is 2.99. The van der Waals surface area contributed by atoms with Gasteiger partial charge in [-0.1, -0.05) is 17.7 Å². The maximum Gasteiger partial charge on any atom is 0.132 e. The smallest absolute Gasteiger partial charge is 0.132 e. The molecule has 0 heterocycles. The number of nitrogens with two attached hydrogens (primary N) is 1. The molecule has 17 heavy (non-hydrogen) atoms. The molecule has 2 aromatic carbocycles. The highest BCUT2D eigenvalue weighted by atomic mass is 35.5. The van der Waals surface area contributed by atoms with E-state index >= 15 is 0 Å². The third-order valence-corrected chi connectivity index (χ3v) is 2.65. The lowest BCUT2D eigenvalue weighted by atomic mass is 10.0. The number of nitrogens with zero attached hydrogens (tertiary/aromatic N) is 1. The minimum absolute atomic E-state index is 0.333. The number of halogens is 2. The summed E-state index contributed by atoms with van der Waals surface area (Å²) in [4.78, 5) is 0. The molecular formula is C13H8ClFN2. The Bertz CT molecular complexity index is 617. The van der Waals surface area contributed by atoms with Crippen molar-refractivity contribution in [1.29, 1.82) is 5.26 Å². The largest absolute Gasteiger partial charge is 0.398 e. The Morgan fingerprint density at radius 2 is 1.94 bits per heavy atom. The second kappa shape index (κ2) is 4.44. The van der Waals surface area contributed by atoms with E-state index in [-0.39, 0.29) is 0 Å². The molecule has 2 N–H and O–H groups in total. The van der Waals surface area contributed by atoms with Crippen molar-refractivity contribution in [2.45, 2.75) is 0 Å². The molecule has 0 aliphatic carbocycles. The van der Waals surface area contributed by atoms with E-state index in [1.165, 1.54) is 6.07 Å². The second-order valence-electron chi connectivity index (χ2n) is 3.54. The molecule has 0 aliphatic rings. The molecule has 4 heteroatoms. The second-order valence-corrected chi connectivity index (χ2v) is 3.97. The zero-order valence-corrected chi connectivity index (χ0v) is 9.50. The van der Waals surface area contributed by atoms with Crippen molar-refractivity contribution >= 4 is 17.3 Å². The summed E-state index contributed by atoms with van der Waals surface area (Å²) >= 11 is 5.68. The van der Waals surface area contributed by atoms with Crippen LogP contribution < -0.4 is 5.73 Å². The van der Waals surface area contributed by atoms with Gasteiger partial charge in [-0.3, -0.25) is 0 Å². The molecule has 0 radical (unpaired) electrons. The molecule has 2 aromatic rings. The van der Waals surface area contributed by atoms with Crippen molar-refractivity contribution < 1.29 is 4.39 Å². The molecule has 0 fully saturated rings. The first-order valence-electron chi connectivity index (χ1n) is 4.87.